The lowest BCUT2D eigenvalue weighted by atomic mass is 9.97. The van der Waals surface area contributed by atoms with E-state index in [1.165, 1.54) is 5.01 Å². The van der Waals surface area contributed by atoms with Crippen molar-refractivity contribution in [3.8, 4) is 0 Å². The molecule has 2 heterocycles. The van der Waals surface area contributed by atoms with Crippen molar-refractivity contribution >= 4 is 22.7 Å². The van der Waals surface area contributed by atoms with Crippen molar-refractivity contribution in [3.63, 3.8) is 0 Å². The Hall–Kier alpha value is -1.95. The topological polar surface area (TPSA) is 59.3 Å². The first kappa shape index (κ1) is 15.0. The van der Waals surface area contributed by atoms with E-state index in [0.717, 1.165) is 42.9 Å². The Labute approximate surface area is 133 Å². The Bertz CT molecular complexity index is 690. The van der Waals surface area contributed by atoms with Crippen LogP contribution in [-0.4, -0.2) is 23.0 Å². The molecule has 22 heavy (non-hydrogen) atoms. The van der Waals surface area contributed by atoms with Gasteiger partial charge in [0.15, 0.2) is 0 Å². The van der Waals surface area contributed by atoms with Crippen molar-refractivity contribution in [2.75, 3.05) is 18.0 Å². The van der Waals surface area contributed by atoms with E-state index in [-0.39, 0.29) is 10.6 Å². The highest BCUT2D eigenvalue weighted by Gasteiger charge is 2.26. The molecule has 3 rings (SSSR count). The Morgan fingerprint density at radius 3 is 2.64 bits per heavy atom. The molecule has 0 atom stereocenters. The van der Waals surface area contributed by atoms with Gasteiger partial charge in [0.25, 0.3) is 5.69 Å². The molecule has 116 valence electrons. The summed E-state index contributed by atoms with van der Waals surface area (Å²) >= 11 is 1.73. The highest BCUT2D eigenvalue weighted by molar-refractivity contribution is 7.09. The molecule has 0 aliphatic carbocycles. The van der Waals surface area contributed by atoms with E-state index < -0.39 is 0 Å². The molecule has 0 radical (unpaired) electrons. The second kappa shape index (κ2) is 6.04. The Balaban J connectivity index is 1.75. The van der Waals surface area contributed by atoms with Crippen LogP contribution < -0.4 is 4.90 Å². The third-order valence-corrected chi connectivity index (χ3v) is 5.27. The number of nitrogens with zero attached hydrogens (tertiary/aromatic N) is 3. The first-order chi connectivity index (χ1) is 10.5. The van der Waals surface area contributed by atoms with Gasteiger partial charge >= 0.3 is 0 Å². The summed E-state index contributed by atoms with van der Waals surface area (Å²) in [6.07, 6.45) is 2.00. The minimum absolute atomic E-state index is 0.212. The van der Waals surface area contributed by atoms with Gasteiger partial charge in [-0.1, -0.05) is 6.07 Å². The van der Waals surface area contributed by atoms with Crippen molar-refractivity contribution in [3.05, 3.63) is 50.0 Å². The summed E-state index contributed by atoms with van der Waals surface area (Å²) in [6, 6.07) is 5.48. The van der Waals surface area contributed by atoms with Crippen molar-refractivity contribution < 1.29 is 4.92 Å². The summed E-state index contributed by atoms with van der Waals surface area (Å²) in [7, 11) is 0. The normalized spacial score (nSPS) is 16.0. The molecule has 0 amide bonds. The lowest BCUT2D eigenvalue weighted by Gasteiger charge is -2.32. The Kier molecular flexibility index (Phi) is 4.11. The van der Waals surface area contributed by atoms with E-state index in [4.69, 9.17) is 0 Å². The summed E-state index contributed by atoms with van der Waals surface area (Å²) in [5.41, 5.74) is 2.95. The van der Waals surface area contributed by atoms with Crippen molar-refractivity contribution in [1.82, 2.24) is 4.98 Å². The van der Waals surface area contributed by atoms with Crippen LogP contribution in [0.5, 0.6) is 0 Å². The van der Waals surface area contributed by atoms with Crippen molar-refractivity contribution in [2.24, 2.45) is 0 Å². The number of thiazole rings is 1. The predicted molar refractivity (Wildman–Crippen MR) is 88.9 cm³/mol. The number of aromatic nitrogens is 1. The second-order valence-corrected chi connectivity index (χ2v) is 6.73. The summed E-state index contributed by atoms with van der Waals surface area (Å²) in [4.78, 5) is 17.7. The average Bonchev–Trinajstić information content (AvgIpc) is 2.94. The largest absolute Gasteiger partial charge is 0.366 e. The van der Waals surface area contributed by atoms with Gasteiger partial charge < -0.3 is 4.90 Å². The van der Waals surface area contributed by atoms with Crippen LogP contribution in [0, 0.1) is 24.0 Å². The van der Waals surface area contributed by atoms with Crippen molar-refractivity contribution in [1.29, 1.82) is 0 Å². The Morgan fingerprint density at radius 2 is 2.05 bits per heavy atom. The zero-order valence-electron chi connectivity index (χ0n) is 12.8. The fraction of sp³-hybridized carbons (Fsp3) is 0.438. The number of anilines is 1. The number of rotatable bonds is 3. The predicted octanol–water partition coefficient (Wildman–Crippen LogP) is 4.05. The molecular formula is C16H19N3O2S. The van der Waals surface area contributed by atoms with Crippen LogP contribution in [0.1, 0.15) is 35.0 Å². The van der Waals surface area contributed by atoms with E-state index in [0.29, 0.717) is 5.92 Å². The molecule has 1 aromatic heterocycles. The number of aryl methyl sites for hydroxylation is 2. The quantitative estimate of drug-likeness (QED) is 0.633. The molecule has 1 aromatic carbocycles. The number of nitro groups is 1. The SMILES string of the molecule is Cc1ccc(N2CCC(c3nc(C)cs3)CC2)c([N+](=O)[O-])c1. The molecular weight excluding hydrogens is 298 g/mol. The van der Waals surface area contributed by atoms with E-state index in [1.807, 2.05) is 26.0 Å². The zero-order valence-corrected chi connectivity index (χ0v) is 13.6. The van der Waals surface area contributed by atoms with Gasteiger partial charge in [-0.3, -0.25) is 10.1 Å². The molecule has 5 nitrogen and oxygen atoms in total. The van der Waals surface area contributed by atoms with Gasteiger partial charge in [0, 0.05) is 36.1 Å². The van der Waals surface area contributed by atoms with Gasteiger partial charge in [0.05, 0.1) is 9.93 Å². The van der Waals surface area contributed by atoms with E-state index >= 15 is 0 Å². The maximum Gasteiger partial charge on any atom is 0.292 e. The summed E-state index contributed by atoms with van der Waals surface area (Å²) in [5, 5.41) is 14.6. The number of benzene rings is 1. The summed E-state index contributed by atoms with van der Waals surface area (Å²) in [5.74, 6) is 0.486. The molecule has 0 bridgehead atoms. The van der Waals surface area contributed by atoms with Crippen LogP contribution in [0.3, 0.4) is 0 Å². The van der Waals surface area contributed by atoms with Gasteiger partial charge in [-0.05, 0) is 38.3 Å². The Morgan fingerprint density at radius 1 is 1.32 bits per heavy atom. The molecule has 1 fully saturated rings. The smallest absolute Gasteiger partial charge is 0.292 e. The molecule has 6 heteroatoms. The second-order valence-electron chi connectivity index (χ2n) is 5.84. The van der Waals surface area contributed by atoms with Gasteiger partial charge in [-0.15, -0.1) is 11.3 Å². The maximum absolute atomic E-state index is 11.3. The van der Waals surface area contributed by atoms with Gasteiger partial charge in [-0.2, -0.15) is 0 Å². The molecule has 0 spiro atoms. The maximum atomic E-state index is 11.3. The lowest BCUT2D eigenvalue weighted by molar-refractivity contribution is -0.384. The van der Waals surface area contributed by atoms with Gasteiger partial charge in [-0.25, -0.2) is 4.98 Å². The molecule has 1 aliphatic heterocycles. The third kappa shape index (κ3) is 2.97. The minimum Gasteiger partial charge on any atom is -0.366 e. The first-order valence-electron chi connectivity index (χ1n) is 7.46. The van der Waals surface area contributed by atoms with Crippen LogP contribution in [0.4, 0.5) is 11.4 Å². The fourth-order valence-corrected chi connectivity index (χ4v) is 3.94. The highest BCUT2D eigenvalue weighted by Crippen LogP contribution is 2.35. The lowest BCUT2D eigenvalue weighted by Crippen LogP contribution is -2.33. The van der Waals surface area contributed by atoms with Crippen LogP contribution >= 0.6 is 11.3 Å². The number of hydrogen-bond donors (Lipinski definition) is 0. The average molecular weight is 317 g/mol. The van der Waals surface area contributed by atoms with E-state index in [2.05, 4.69) is 15.3 Å². The zero-order chi connectivity index (χ0) is 15.7. The van der Waals surface area contributed by atoms with Crippen LogP contribution in [0.2, 0.25) is 0 Å². The molecule has 1 saturated heterocycles. The van der Waals surface area contributed by atoms with Crippen LogP contribution in [-0.2, 0) is 0 Å². The number of nitro benzene ring substituents is 1. The monoisotopic (exact) mass is 317 g/mol. The third-order valence-electron chi connectivity index (χ3n) is 4.15. The molecule has 0 unspecified atom stereocenters. The first-order valence-corrected chi connectivity index (χ1v) is 8.34. The van der Waals surface area contributed by atoms with Crippen molar-refractivity contribution in [2.45, 2.75) is 32.6 Å². The summed E-state index contributed by atoms with van der Waals surface area (Å²) in [6.45, 7) is 5.58. The number of hydrogen-bond acceptors (Lipinski definition) is 5. The highest BCUT2D eigenvalue weighted by atomic mass is 32.1. The van der Waals surface area contributed by atoms with Gasteiger partial charge in [0.1, 0.15) is 5.69 Å². The standard InChI is InChI=1S/C16H19N3O2S/c1-11-3-4-14(15(9-11)19(20)21)18-7-5-13(6-8-18)16-17-12(2)10-22-16/h3-4,9-10,13H,5-8H2,1-2H3. The fourth-order valence-electron chi connectivity index (χ4n) is 2.97. The summed E-state index contributed by atoms with van der Waals surface area (Å²) < 4.78 is 0. The molecule has 1 aliphatic rings. The molecule has 2 aromatic rings. The van der Waals surface area contributed by atoms with Crippen LogP contribution in [0.15, 0.2) is 23.6 Å². The van der Waals surface area contributed by atoms with E-state index in [9.17, 15) is 10.1 Å². The minimum atomic E-state index is -0.279. The number of piperidine rings is 1. The van der Waals surface area contributed by atoms with Crippen LogP contribution in [0.25, 0.3) is 0 Å². The molecule has 0 saturated carbocycles. The van der Waals surface area contributed by atoms with Gasteiger partial charge in [0.2, 0.25) is 0 Å². The molecule has 0 N–H and O–H groups in total. The van der Waals surface area contributed by atoms with E-state index in [1.54, 1.807) is 17.4 Å².